The van der Waals surface area contributed by atoms with Gasteiger partial charge in [-0.2, -0.15) is 0 Å². The Morgan fingerprint density at radius 2 is 2.20 bits per heavy atom. The largest absolute Gasteiger partial charge is 0.292 e. The Kier molecular flexibility index (Phi) is 1.67. The van der Waals surface area contributed by atoms with E-state index in [1.807, 2.05) is 0 Å². The second kappa shape index (κ2) is 2.90. The minimum absolute atomic E-state index is 0.325. The first-order valence-electron chi connectivity index (χ1n) is 4.33. The summed E-state index contributed by atoms with van der Waals surface area (Å²) in [5.41, 5.74) is 1.52. The van der Waals surface area contributed by atoms with Gasteiger partial charge in [-0.05, 0) is 12.1 Å². The second-order valence-corrected chi connectivity index (χ2v) is 3.52. The van der Waals surface area contributed by atoms with Gasteiger partial charge in [-0.25, -0.2) is 14.4 Å². The van der Waals surface area contributed by atoms with Crippen LogP contribution in [0, 0.1) is 5.82 Å². The Morgan fingerprint density at radius 3 is 3.07 bits per heavy atom. The molecule has 0 N–H and O–H groups in total. The van der Waals surface area contributed by atoms with Crippen LogP contribution in [0.1, 0.15) is 0 Å². The summed E-state index contributed by atoms with van der Waals surface area (Å²) in [7, 11) is 0. The van der Waals surface area contributed by atoms with Gasteiger partial charge in [0.25, 0.3) is 0 Å². The van der Waals surface area contributed by atoms with Crippen molar-refractivity contribution in [1.82, 2.24) is 14.4 Å². The van der Waals surface area contributed by atoms with Gasteiger partial charge in [0, 0.05) is 0 Å². The highest BCUT2D eigenvalue weighted by Gasteiger charge is 2.09. The summed E-state index contributed by atoms with van der Waals surface area (Å²) in [5.74, 6) is -0.334. The third-order valence-electron chi connectivity index (χ3n) is 2.27. The molecule has 2 aromatic heterocycles. The molecule has 5 heteroatoms. The minimum atomic E-state index is -0.334. The molecular weight excluding hydrogens is 217 g/mol. The Hall–Kier alpha value is -1.68. The van der Waals surface area contributed by atoms with Gasteiger partial charge in [-0.15, -0.1) is 0 Å². The molecule has 2 heterocycles. The lowest BCUT2D eigenvalue weighted by molar-refractivity contribution is 0.635. The zero-order valence-corrected chi connectivity index (χ0v) is 8.24. The summed E-state index contributed by atoms with van der Waals surface area (Å²) in [4.78, 5) is 8.03. The van der Waals surface area contributed by atoms with E-state index in [2.05, 4.69) is 9.97 Å². The Morgan fingerprint density at radius 1 is 1.33 bits per heavy atom. The molecule has 15 heavy (non-hydrogen) atoms. The number of hydrogen-bond acceptors (Lipinski definition) is 2. The molecule has 74 valence electrons. The first-order valence-corrected chi connectivity index (χ1v) is 4.71. The maximum Gasteiger partial charge on any atom is 0.155 e. The van der Waals surface area contributed by atoms with E-state index in [1.54, 1.807) is 22.7 Å². The number of hydrogen-bond donors (Lipinski definition) is 0. The lowest BCUT2D eigenvalue weighted by Gasteiger charge is -2.03. The van der Waals surface area contributed by atoms with E-state index >= 15 is 0 Å². The van der Waals surface area contributed by atoms with Crippen molar-refractivity contribution in [3.63, 3.8) is 0 Å². The predicted octanol–water partition coefficient (Wildman–Crippen LogP) is 2.68. The fraction of sp³-hybridized carbons (Fsp3) is 0. The molecule has 0 saturated carbocycles. The first kappa shape index (κ1) is 8.61. The normalized spacial score (nSPS) is 11.3. The number of imidazole rings is 1. The van der Waals surface area contributed by atoms with Crippen molar-refractivity contribution in [2.45, 2.75) is 0 Å². The molecule has 1 aromatic carbocycles. The third-order valence-corrected chi connectivity index (χ3v) is 2.55. The van der Waals surface area contributed by atoms with Crippen LogP contribution in [0.25, 0.3) is 16.6 Å². The number of fused-ring (bicyclic) bond motifs is 3. The molecule has 0 radical (unpaired) electrons. The summed E-state index contributed by atoms with van der Waals surface area (Å²) in [6.07, 6.45) is 3.08. The fourth-order valence-electron chi connectivity index (χ4n) is 1.62. The lowest BCUT2D eigenvalue weighted by atomic mass is 10.3. The van der Waals surface area contributed by atoms with Crippen LogP contribution in [-0.4, -0.2) is 14.4 Å². The van der Waals surface area contributed by atoms with E-state index < -0.39 is 0 Å². The molecule has 0 atom stereocenters. The fourth-order valence-corrected chi connectivity index (χ4v) is 1.85. The van der Waals surface area contributed by atoms with Crippen molar-refractivity contribution in [2.24, 2.45) is 0 Å². The van der Waals surface area contributed by atoms with Crippen LogP contribution in [0.3, 0.4) is 0 Å². The van der Waals surface area contributed by atoms with Crippen LogP contribution in [-0.2, 0) is 0 Å². The Balaban J connectivity index is 2.68. The molecule has 0 fully saturated rings. The lowest BCUT2D eigenvalue weighted by Crippen LogP contribution is -1.93. The van der Waals surface area contributed by atoms with E-state index in [-0.39, 0.29) is 5.82 Å². The van der Waals surface area contributed by atoms with Crippen LogP contribution < -0.4 is 0 Å². The van der Waals surface area contributed by atoms with Crippen molar-refractivity contribution in [2.75, 3.05) is 0 Å². The van der Waals surface area contributed by atoms with E-state index in [0.717, 1.165) is 0 Å². The predicted molar refractivity (Wildman–Crippen MR) is 55.5 cm³/mol. The first-order chi connectivity index (χ1) is 7.27. The number of halogens is 2. The molecule has 0 aliphatic rings. The third kappa shape index (κ3) is 1.11. The zero-order valence-electron chi connectivity index (χ0n) is 7.48. The van der Waals surface area contributed by atoms with Crippen molar-refractivity contribution in [3.8, 4) is 0 Å². The minimum Gasteiger partial charge on any atom is -0.292 e. The molecule has 0 unspecified atom stereocenters. The van der Waals surface area contributed by atoms with Crippen molar-refractivity contribution < 1.29 is 4.39 Å². The van der Waals surface area contributed by atoms with Crippen molar-refractivity contribution in [3.05, 3.63) is 41.7 Å². The molecule has 0 bridgehead atoms. The van der Waals surface area contributed by atoms with E-state index in [0.29, 0.717) is 21.7 Å². The van der Waals surface area contributed by atoms with Gasteiger partial charge in [0.2, 0.25) is 0 Å². The summed E-state index contributed by atoms with van der Waals surface area (Å²) in [6, 6.07) is 4.70. The van der Waals surface area contributed by atoms with Crippen LogP contribution >= 0.6 is 11.6 Å². The van der Waals surface area contributed by atoms with Crippen LogP contribution in [0.15, 0.2) is 30.7 Å². The van der Waals surface area contributed by atoms with Gasteiger partial charge < -0.3 is 0 Å². The van der Waals surface area contributed by atoms with Gasteiger partial charge in [0.15, 0.2) is 5.15 Å². The summed E-state index contributed by atoms with van der Waals surface area (Å²) in [6.45, 7) is 0. The van der Waals surface area contributed by atoms with Gasteiger partial charge in [0.1, 0.15) is 16.9 Å². The van der Waals surface area contributed by atoms with Crippen LogP contribution in [0.2, 0.25) is 5.15 Å². The maximum absolute atomic E-state index is 13.6. The number of para-hydroxylation sites is 1. The highest BCUT2D eigenvalue weighted by Crippen LogP contribution is 2.22. The Labute approximate surface area is 89.1 Å². The number of benzene rings is 1. The molecule has 3 nitrogen and oxygen atoms in total. The topological polar surface area (TPSA) is 30.2 Å². The monoisotopic (exact) mass is 221 g/mol. The van der Waals surface area contributed by atoms with Gasteiger partial charge in [-0.1, -0.05) is 17.7 Å². The molecule has 0 aliphatic heterocycles. The molecular formula is C10H5ClFN3. The highest BCUT2D eigenvalue weighted by molar-refractivity contribution is 6.33. The average molecular weight is 222 g/mol. The number of aromatic nitrogens is 3. The number of rotatable bonds is 0. The summed E-state index contributed by atoms with van der Waals surface area (Å²) in [5, 5.41) is 0.325. The van der Waals surface area contributed by atoms with Gasteiger partial charge in [-0.3, -0.25) is 4.40 Å². The van der Waals surface area contributed by atoms with Crippen LogP contribution in [0.5, 0.6) is 0 Å². The van der Waals surface area contributed by atoms with E-state index in [1.165, 1.54) is 12.4 Å². The van der Waals surface area contributed by atoms with Crippen LogP contribution in [0.4, 0.5) is 4.39 Å². The average Bonchev–Trinajstić information content (AvgIpc) is 2.66. The zero-order chi connectivity index (χ0) is 10.4. The van der Waals surface area contributed by atoms with E-state index in [9.17, 15) is 4.39 Å². The van der Waals surface area contributed by atoms with Crippen molar-refractivity contribution in [1.29, 1.82) is 0 Å². The maximum atomic E-state index is 13.6. The van der Waals surface area contributed by atoms with Crippen molar-refractivity contribution >= 4 is 28.2 Å². The molecule has 0 saturated heterocycles. The second-order valence-electron chi connectivity index (χ2n) is 3.16. The molecule has 0 spiro atoms. The molecule has 3 aromatic rings. The van der Waals surface area contributed by atoms with E-state index in [4.69, 9.17) is 11.6 Å². The Bertz CT molecular complexity index is 662. The highest BCUT2D eigenvalue weighted by atomic mass is 35.5. The molecule has 3 rings (SSSR count). The van der Waals surface area contributed by atoms with Gasteiger partial charge >= 0.3 is 0 Å². The standard InChI is InChI=1S/C10H5ClFN3/c11-10-8-4-13-5-15(8)9-6(12)2-1-3-7(9)14-10/h1-5H. The molecule has 0 aliphatic carbocycles. The van der Waals surface area contributed by atoms with Gasteiger partial charge in [0.05, 0.1) is 18.0 Å². The number of nitrogens with zero attached hydrogens (tertiary/aromatic N) is 3. The SMILES string of the molecule is Fc1cccc2nc(Cl)c3cncn3c12. The quantitative estimate of drug-likeness (QED) is 0.584. The summed E-state index contributed by atoms with van der Waals surface area (Å²) < 4.78 is 15.2. The molecule has 0 amide bonds. The summed E-state index contributed by atoms with van der Waals surface area (Å²) >= 11 is 5.94. The smallest absolute Gasteiger partial charge is 0.155 e.